The molecule has 0 bridgehead atoms. The summed E-state index contributed by atoms with van der Waals surface area (Å²) in [7, 11) is 2.19. The summed E-state index contributed by atoms with van der Waals surface area (Å²) in [5.41, 5.74) is 4.54. The zero-order valence-corrected chi connectivity index (χ0v) is 17.9. The summed E-state index contributed by atoms with van der Waals surface area (Å²) in [5.74, 6) is 1.59. The number of benzene rings is 2. The van der Waals surface area contributed by atoms with E-state index in [4.69, 9.17) is 21.3 Å². The number of halogens is 1. The van der Waals surface area contributed by atoms with Crippen LogP contribution in [0.25, 0.3) is 17.1 Å². The van der Waals surface area contributed by atoms with Crippen LogP contribution in [0.15, 0.2) is 60.9 Å². The van der Waals surface area contributed by atoms with Gasteiger partial charge in [0.1, 0.15) is 11.9 Å². The van der Waals surface area contributed by atoms with Crippen molar-refractivity contribution in [1.29, 1.82) is 0 Å². The maximum Gasteiger partial charge on any atom is 0.133 e. The third kappa shape index (κ3) is 4.03. The van der Waals surface area contributed by atoms with E-state index in [-0.39, 0.29) is 6.10 Å². The highest BCUT2D eigenvalue weighted by Crippen LogP contribution is 2.30. The van der Waals surface area contributed by atoms with E-state index >= 15 is 0 Å². The van der Waals surface area contributed by atoms with Crippen LogP contribution in [-0.2, 0) is 11.3 Å². The quantitative estimate of drug-likeness (QED) is 0.533. The second-order valence-electron chi connectivity index (χ2n) is 8.33. The Morgan fingerprint density at radius 2 is 2.07 bits per heavy atom. The van der Waals surface area contributed by atoms with E-state index < -0.39 is 0 Å². The van der Waals surface area contributed by atoms with Crippen LogP contribution in [0.5, 0.6) is 0 Å². The van der Waals surface area contributed by atoms with E-state index in [0.717, 1.165) is 47.9 Å². The fourth-order valence-electron chi connectivity index (χ4n) is 4.38. The monoisotopic (exact) mass is 419 g/mol. The Morgan fingerprint density at radius 1 is 1.20 bits per heavy atom. The molecule has 3 heterocycles. The molecule has 2 atom stereocenters. The Balaban J connectivity index is 1.51. The predicted octanol–water partition coefficient (Wildman–Crippen LogP) is 5.68. The molecule has 2 unspecified atom stereocenters. The van der Waals surface area contributed by atoms with E-state index in [0.29, 0.717) is 5.92 Å². The van der Waals surface area contributed by atoms with Crippen LogP contribution in [0.4, 0.5) is 0 Å². The van der Waals surface area contributed by atoms with E-state index in [9.17, 15) is 0 Å². The molecule has 4 nitrogen and oxygen atoms in total. The molecule has 1 saturated heterocycles. The molecule has 0 radical (unpaired) electrons. The van der Waals surface area contributed by atoms with Crippen molar-refractivity contribution in [3.63, 3.8) is 0 Å². The Kier molecular flexibility index (Phi) is 5.36. The summed E-state index contributed by atoms with van der Waals surface area (Å²) in [5, 5.41) is 0.759. The summed E-state index contributed by atoms with van der Waals surface area (Å²) in [6.07, 6.45) is 10.6. The number of aromatic nitrogens is 2. The van der Waals surface area contributed by atoms with Gasteiger partial charge in [0, 0.05) is 24.5 Å². The molecular weight excluding hydrogens is 394 g/mol. The minimum Gasteiger partial charge on any atom is -0.493 e. The molecular formula is C25H26ClN3O. The molecule has 3 aromatic rings. The number of fused-ring (bicyclic) bond motifs is 1. The van der Waals surface area contributed by atoms with Crippen molar-refractivity contribution >= 4 is 28.7 Å². The Morgan fingerprint density at radius 3 is 2.80 bits per heavy atom. The molecule has 30 heavy (non-hydrogen) atoms. The standard InChI is InChI=1S/C25H26ClN3O/c1-28-13-12-19(16-28)6-11-25-27-22-15-20(24-3-2-14-30-24)7-10-23(22)29(25)17-18-4-8-21(26)9-5-18/h2,4-11,14-15,19,24H,3,12-13,16-17H2,1H3/b11-6+. The van der Waals surface area contributed by atoms with Gasteiger partial charge in [0.25, 0.3) is 0 Å². The van der Waals surface area contributed by atoms with Crippen LogP contribution in [0.3, 0.4) is 0 Å². The number of hydrogen-bond donors (Lipinski definition) is 0. The second-order valence-corrected chi connectivity index (χ2v) is 8.77. The highest BCUT2D eigenvalue weighted by Gasteiger charge is 2.19. The van der Waals surface area contributed by atoms with Gasteiger partial charge < -0.3 is 14.2 Å². The van der Waals surface area contributed by atoms with E-state index in [1.54, 1.807) is 6.26 Å². The molecule has 0 aliphatic carbocycles. The highest BCUT2D eigenvalue weighted by molar-refractivity contribution is 6.30. The van der Waals surface area contributed by atoms with Gasteiger partial charge in [0.2, 0.25) is 0 Å². The van der Waals surface area contributed by atoms with E-state index in [1.807, 2.05) is 12.1 Å². The zero-order chi connectivity index (χ0) is 20.5. The first-order valence-electron chi connectivity index (χ1n) is 10.6. The number of likely N-dealkylation sites (tertiary alicyclic amines) is 1. The van der Waals surface area contributed by atoms with Gasteiger partial charge in [-0.15, -0.1) is 0 Å². The minimum atomic E-state index is 0.101. The summed E-state index contributed by atoms with van der Waals surface area (Å²) < 4.78 is 8.01. The SMILES string of the molecule is CN1CCC(/C=C/c2nc3cc(C4CC=CO4)ccc3n2Cc2ccc(Cl)cc2)C1. The lowest BCUT2D eigenvalue weighted by molar-refractivity contribution is 0.173. The molecule has 154 valence electrons. The van der Waals surface area contributed by atoms with Gasteiger partial charge in [0.15, 0.2) is 0 Å². The van der Waals surface area contributed by atoms with Crippen LogP contribution in [0.2, 0.25) is 5.02 Å². The van der Waals surface area contributed by atoms with Crippen molar-refractivity contribution in [2.45, 2.75) is 25.5 Å². The molecule has 0 saturated carbocycles. The molecule has 5 heteroatoms. The lowest BCUT2D eigenvalue weighted by Gasteiger charge is -2.11. The van der Waals surface area contributed by atoms with Crippen molar-refractivity contribution in [3.8, 4) is 0 Å². The first kappa shape index (κ1) is 19.4. The lowest BCUT2D eigenvalue weighted by Crippen LogP contribution is -2.13. The van der Waals surface area contributed by atoms with Crippen LogP contribution in [-0.4, -0.2) is 34.6 Å². The van der Waals surface area contributed by atoms with Gasteiger partial charge >= 0.3 is 0 Å². The van der Waals surface area contributed by atoms with Gasteiger partial charge in [-0.1, -0.05) is 35.9 Å². The Bertz CT molecular complexity index is 1090. The summed E-state index contributed by atoms with van der Waals surface area (Å²) in [4.78, 5) is 7.38. The molecule has 5 rings (SSSR count). The third-order valence-electron chi connectivity index (χ3n) is 6.06. The fraction of sp³-hybridized carbons (Fsp3) is 0.320. The van der Waals surface area contributed by atoms with Crippen LogP contribution in [0, 0.1) is 5.92 Å². The molecule has 1 fully saturated rings. The number of ether oxygens (including phenoxy) is 1. The van der Waals surface area contributed by atoms with Gasteiger partial charge in [0.05, 0.1) is 17.3 Å². The van der Waals surface area contributed by atoms with Crippen molar-refractivity contribution in [2.24, 2.45) is 5.92 Å². The van der Waals surface area contributed by atoms with Gasteiger partial charge in [-0.3, -0.25) is 0 Å². The summed E-state index contributed by atoms with van der Waals surface area (Å²) in [6.45, 7) is 3.04. The average Bonchev–Trinajstić information content (AvgIpc) is 3.49. The van der Waals surface area contributed by atoms with E-state index in [1.165, 1.54) is 17.5 Å². The van der Waals surface area contributed by atoms with Crippen molar-refractivity contribution in [1.82, 2.24) is 14.5 Å². The smallest absolute Gasteiger partial charge is 0.133 e. The molecule has 2 aliphatic rings. The van der Waals surface area contributed by atoms with Crippen molar-refractivity contribution in [2.75, 3.05) is 20.1 Å². The molecule has 0 N–H and O–H groups in total. The van der Waals surface area contributed by atoms with Crippen LogP contribution >= 0.6 is 11.6 Å². The van der Waals surface area contributed by atoms with Crippen molar-refractivity contribution in [3.05, 3.63) is 82.9 Å². The lowest BCUT2D eigenvalue weighted by atomic mass is 10.1. The number of imidazole rings is 1. The normalized spacial score (nSPS) is 21.8. The average molecular weight is 420 g/mol. The molecule has 2 aromatic carbocycles. The molecule has 0 amide bonds. The minimum absolute atomic E-state index is 0.101. The van der Waals surface area contributed by atoms with Gasteiger partial charge in [-0.05, 0) is 73.5 Å². The number of rotatable bonds is 5. The third-order valence-corrected chi connectivity index (χ3v) is 6.31. The first-order chi connectivity index (χ1) is 14.7. The van der Waals surface area contributed by atoms with Gasteiger partial charge in [-0.25, -0.2) is 4.98 Å². The summed E-state index contributed by atoms with van der Waals surface area (Å²) >= 11 is 6.08. The topological polar surface area (TPSA) is 30.3 Å². The van der Waals surface area contributed by atoms with Crippen LogP contribution < -0.4 is 0 Å². The maximum absolute atomic E-state index is 6.08. The zero-order valence-electron chi connectivity index (χ0n) is 17.2. The molecule has 0 spiro atoms. The van der Waals surface area contributed by atoms with Gasteiger partial charge in [-0.2, -0.15) is 0 Å². The first-order valence-corrected chi connectivity index (χ1v) is 11.0. The largest absolute Gasteiger partial charge is 0.493 e. The fourth-order valence-corrected chi connectivity index (χ4v) is 4.51. The molecule has 2 aliphatic heterocycles. The van der Waals surface area contributed by atoms with E-state index in [2.05, 4.69) is 65.1 Å². The number of nitrogens with zero attached hydrogens (tertiary/aromatic N) is 3. The Hall–Kier alpha value is -2.56. The van der Waals surface area contributed by atoms with Crippen LogP contribution in [0.1, 0.15) is 35.9 Å². The molecule has 1 aromatic heterocycles. The maximum atomic E-state index is 6.08. The number of hydrogen-bond acceptors (Lipinski definition) is 3. The predicted molar refractivity (Wildman–Crippen MR) is 123 cm³/mol. The summed E-state index contributed by atoms with van der Waals surface area (Å²) in [6, 6.07) is 14.6. The van der Waals surface area contributed by atoms with Crippen molar-refractivity contribution < 1.29 is 4.74 Å². The Labute approximate surface area is 182 Å². The highest BCUT2D eigenvalue weighted by atomic mass is 35.5. The second kappa shape index (κ2) is 8.29.